The number of carbonyl (C=O) groups excluding carboxylic acids is 1. The fourth-order valence-corrected chi connectivity index (χ4v) is 4.70. The number of aromatic nitrogens is 3. The first-order chi connectivity index (χ1) is 17.6. The summed E-state index contributed by atoms with van der Waals surface area (Å²) in [6, 6.07) is 8.38. The molecule has 1 N–H and O–H groups in total. The predicted molar refractivity (Wildman–Crippen MR) is 140 cm³/mol. The number of carbonyl (C=O) groups is 1. The van der Waals surface area contributed by atoms with E-state index in [1.165, 1.54) is 6.07 Å². The molecule has 0 unspecified atom stereocenters. The van der Waals surface area contributed by atoms with Crippen LogP contribution in [-0.2, 0) is 4.74 Å². The number of hydrogen-bond acceptors (Lipinski definition) is 8. The summed E-state index contributed by atoms with van der Waals surface area (Å²) in [6.45, 7) is 5.49. The Bertz CT molecular complexity index is 1330. The van der Waals surface area contributed by atoms with Crippen molar-refractivity contribution in [3.8, 4) is 6.07 Å². The molecule has 37 heavy (non-hydrogen) atoms. The first kappa shape index (κ1) is 26.1. The fourth-order valence-electron chi connectivity index (χ4n) is 4.70. The van der Waals surface area contributed by atoms with Gasteiger partial charge in [0, 0.05) is 25.7 Å². The molecule has 0 aromatic carbocycles. The Morgan fingerprint density at radius 3 is 2.62 bits per heavy atom. The molecule has 2 atom stereocenters. The zero-order valence-corrected chi connectivity index (χ0v) is 21.8. The van der Waals surface area contributed by atoms with Crippen LogP contribution in [0.2, 0.25) is 0 Å². The number of rotatable bonds is 5. The zero-order chi connectivity index (χ0) is 26.7. The highest BCUT2D eigenvalue weighted by Crippen LogP contribution is 2.32. The number of halogens is 1. The maximum absolute atomic E-state index is 15.3. The fraction of sp³-hybridized carbons (Fsp3) is 0.444. The van der Waals surface area contributed by atoms with Gasteiger partial charge in [0.2, 0.25) is 0 Å². The molecule has 1 fully saturated rings. The zero-order valence-electron chi connectivity index (χ0n) is 21.8. The van der Waals surface area contributed by atoms with Crippen molar-refractivity contribution in [1.29, 1.82) is 5.26 Å². The van der Waals surface area contributed by atoms with Crippen LogP contribution < -0.4 is 10.2 Å². The minimum atomic E-state index is -0.615. The molecule has 0 saturated heterocycles. The molecule has 0 radical (unpaired) electrons. The predicted octanol–water partition coefficient (Wildman–Crippen LogP) is 5.39. The number of amides is 1. The van der Waals surface area contributed by atoms with Crippen LogP contribution in [0.5, 0.6) is 0 Å². The second-order valence-electron chi connectivity index (χ2n) is 10.3. The van der Waals surface area contributed by atoms with Crippen LogP contribution in [0.25, 0.3) is 11.0 Å². The van der Waals surface area contributed by atoms with Gasteiger partial charge in [-0.05, 0) is 57.9 Å². The molecular formula is C27H32FN7O2. The monoisotopic (exact) mass is 505 g/mol. The Labute approximate surface area is 216 Å². The highest BCUT2D eigenvalue weighted by atomic mass is 19.1. The lowest BCUT2D eigenvalue weighted by molar-refractivity contribution is 0.0165. The van der Waals surface area contributed by atoms with E-state index < -0.39 is 17.5 Å². The van der Waals surface area contributed by atoms with Crippen molar-refractivity contribution in [3.63, 3.8) is 0 Å². The summed E-state index contributed by atoms with van der Waals surface area (Å²) in [5, 5.41) is 13.6. The summed E-state index contributed by atoms with van der Waals surface area (Å²) in [6.07, 6.45) is 6.29. The maximum Gasteiger partial charge on any atom is 0.410 e. The first-order valence-electron chi connectivity index (χ1n) is 12.3. The van der Waals surface area contributed by atoms with E-state index in [1.807, 2.05) is 45.0 Å². The van der Waals surface area contributed by atoms with E-state index >= 15 is 4.39 Å². The van der Waals surface area contributed by atoms with Crippen LogP contribution in [-0.4, -0.2) is 57.7 Å². The molecule has 3 heterocycles. The highest BCUT2D eigenvalue weighted by molar-refractivity contribution is 5.79. The SMILES string of the molecule is CN(C(=O)OC(C)(C)C)[C@H]1CCCC[C@H]1N(C)c1nc(Nc2cnc3ncccc3c2)c(C#N)cc1F. The quantitative estimate of drug-likeness (QED) is 0.492. The average Bonchev–Trinajstić information content (AvgIpc) is 2.87. The van der Waals surface area contributed by atoms with Gasteiger partial charge in [0.25, 0.3) is 0 Å². The number of nitrogens with zero attached hydrogens (tertiary/aromatic N) is 6. The van der Waals surface area contributed by atoms with Crippen LogP contribution in [0, 0.1) is 17.1 Å². The van der Waals surface area contributed by atoms with E-state index in [-0.39, 0.29) is 29.3 Å². The molecule has 9 nitrogen and oxygen atoms in total. The minimum Gasteiger partial charge on any atom is -0.444 e. The molecular weight excluding hydrogens is 473 g/mol. The molecule has 1 aliphatic carbocycles. The molecule has 1 aliphatic rings. The molecule has 3 aromatic heterocycles. The van der Waals surface area contributed by atoms with Gasteiger partial charge in [-0.2, -0.15) is 5.26 Å². The Morgan fingerprint density at radius 2 is 1.92 bits per heavy atom. The number of hydrogen-bond donors (Lipinski definition) is 1. The van der Waals surface area contributed by atoms with Crippen LogP contribution in [0.15, 0.2) is 36.7 Å². The normalized spacial score (nSPS) is 17.6. The van der Waals surface area contributed by atoms with Gasteiger partial charge in [0.1, 0.15) is 11.7 Å². The summed E-state index contributed by atoms with van der Waals surface area (Å²) in [4.78, 5) is 29.3. The summed E-state index contributed by atoms with van der Waals surface area (Å²) >= 11 is 0. The number of fused-ring (bicyclic) bond motifs is 1. The van der Waals surface area contributed by atoms with E-state index in [4.69, 9.17) is 4.74 Å². The lowest BCUT2D eigenvalue weighted by Crippen LogP contribution is -2.54. The second kappa shape index (κ2) is 10.5. The van der Waals surface area contributed by atoms with Crippen LogP contribution in [0.3, 0.4) is 0 Å². The Balaban J connectivity index is 1.63. The van der Waals surface area contributed by atoms with Crippen molar-refractivity contribution < 1.29 is 13.9 Å². The molecule has 0 aliphatic heterocycles. The van der Waals surface area contributed by atoms with Gasteiger partial charge >= 0.3 is 6.09 Å². The maximum atomic E-state index is 15.3. The van der Waals surface area contributed by atoms with Gasteiger partial charge in [-0.25, -0.2) is 24.1 Å². The van der Waals surface area contributed by atoms with E-state index in [1.54, 1.807) is 36.3 Å². The van der Waals surface area contributed by atoms with Crippen molar-refractivity contribution in [2.24, 2.45) is 0 Å². The topological polar surface area (TPSA) is 107 Å². The number of nitriles is 1. The van der Waals surface area contributed by atoms with E-state index in [9.17, 15) is 10.1 Å². The van der Waals surface area contributed by atoms with E-state index in [2.05, 4.69) is 20.3 Å². The summed E-state index contributed by atoms with van der Waals surface area (Å²) in [7, 11) is 3.50. The number of pyridine rings is 3. The lowest BCUT2D eigenvalue weighted by Gasteiger charge is -2.43. The van der Waals surface area contributed by atoms with Gasteiger partial charge in [0.05, 0.1) is 29.5 Å². The summed E-state index contributed by atoms with van der Waals surface area (Å²) in [5.41, 5.74) is 0.659. The molecule has 194 valence electrons. The number of anilines is 3. The van der Waals surface area contributed by atoms with Gasteiger partial charge < -0.3 is 19.9 Å². The molecule has 3 aromatic rings. The minimum absolute atomic E-state index is 0.0759. The van der Waals surface area contributed by atoms with Crippen molar-refractivity contribution in [3.05, 3.63) is 48.0 Å². The summed E-state index contributed by atoms with van der Waals surface area (Å²) in [5.74, 6) is -0.273. The third kappa shape index (κ3) is 5.88. The van der Waals surface area contributed by atoms with Gasteiger partial charge in [-0.15, -0.1) is 0 Å². The van der Waals surface area contributed by atoms with Crippen molar-refractivity contribution >= 4 is 34.4 Å². The second-order valence-corrected chi connectivity index (χ2v) is 10.3. The number of nitrogens with one attached hydrogen (secondary N) is 1. The standard InChI is InChI=1S/C27H32FN7O2/c1-27(2,3)37-26(36)35(5)22-11-7-6-10-21(22)34(4)25-20(28)14-18(15-29)24(33-25)32-19-13-17-9-8-12-30-23(17)31-16-19/h8-9,12-14,16,21-22H,6-7,10-11H2,1-5H3,(H,32,33)/t21-,22+/m1/s1. The van der Waals surface area contributed by atoms with Crippen LogP contribution in [0.4, 0.5) is 26.5 Å². The average molecular weight is 506 g/mol. The third-order valence-electron chi connectivity index (χ3n) is 6.50. The Kier molecular flexibility index (Phi) is 7.43. The van der Waals surface area contributed by atoms with E-state index in [0.29, 0.717) is 11.3 Å². The lowest BCUT2D eigenvalue weighted by atomic mass is 9.88. The highest BCUT2D eigenvalue weighted by Gasteiger charge is 2.36. The molecule has 10 heteroatoms. The molecule has 0 spiro atoms. The van der Waals surface area contributed by atoms with Crippen LogP contribution in [0.1, 0.15) is 52.0 Å². The Morgan fingerprint density at radius 1 is 1.19 bits per heavy atom. The smallest absolute Gasteiger partial charge is 0.410 e. The van der Waals surface area contributed by atoms with E-state index in [0.717, 1.165) is 31.1 Å². The van der Waals surface area contributed by atoms with Gasteiger partial charge in [0.15, 0.2) is 23.1 Å². The van der Waals surface area contributed by atoms with Gasteiger partial charge in [-0.3, -0.25) is 0 Å². The molecule has 1 amide bonds. The summed E-state index contributed by atoms with van der Waals surface area (Å²) < 4.78 is 20.8. The molecule has 0 bridgehead atoms. The third-order valence-corrected chi connectivity index (χ3v) is 6.50. The van der Waals surface area contributed by atoms with Crippen molar-refractivity contribution in [2.75, 3.05) is 24.3 Å². The Hall–Kier alpha value is -4.00. The molecule has 1 saturated carbocycles. The van der Waals surface area contributed by atoms with Crippen molar-refractivity contribution in [2.45, 2.75) is 64.1 Å². The largest absolute Gasteiger partial charge is 0.444 e. The first-order valence-corrected chi connectivity index (χ1v) is 12.3. The van der Waals surface area contributed by atoms with Crippen molar-refractivity contribution in [1.82, 2.24) is 19.9 Å². The number of likely N-dealkylation sites (N-methyl/N-ethyl adjacent to an activating group) is 2. The van der Waals surface area contributed by atoms with Crippen LogP contribution >= 0.6 is 0 Å². The van der Waals surface area contributed by atoms with Gasteiger partial charge in [-0.1, -0.05) is 12.8 Å². The molecule has 4 rings (SSSR count). The number of ether oxygens (including phenoxy) is 1.